The minimum atomic E-state index is 0.726. The second-order valence-corrected chi connectivity index (χ2v) is 7.39. The highest BCUT2D eigenvalue weighted by Crippen LogP contribution is 2.34. The van der Waals surface area contributed by atoms with Gasteiger partial charge in [0.1, 0.15) is 0 Å². The number of hydrogen-bond donors (Lipinski definition) is 1. The van der Waals surface area contributed by atoms with Gasteiger partial charge in [0.2, 0.25) is 0 Å². The maximum atomic E-state index is 3.80. The predicted molar refractivity (Wildman–Crippen MR) is 83.4 cm³/mol. The Morgan fingerprint density at radius 1 is 1.16 bits per heavy atom. The number of nitrogens with zero attached hydrogens (tertiary/aromatic N) is 1. The lowest BCUT2D eigenvalue weighted by Gasteiger charge is -2.45. The molecule has 1 saturated heterocycles. The Morgan fingerprint density at radius 3 is 2.42 bits per heavy atom. The van der Waals surface area contributed by atoms with E-state index >= 15 is 0 Å². The molecule has 3 atom stereocenters. The van der Waals surface area contributed by atoms with Gasteiger partial charge in [0.15, 0.2) is 0 Å². The van der Waals surface area contributed by atoms with E-state index in [2.05, 4.69) is 37.9 Å². The quantitative estimate of drug-likeness (QED) is 0.791. The summed E-state index contributed by atoms with van der Waals surface area (Å²) in [6.07, 6.45) is 7.14. The highest BCUT2D eigenvalue weighted by Gasteiger charge is 2.33. The highest BCUT2D eigenvalue weighted by molar-refractivity contribution is 4.89. The number of likely N-dealkylation sites (tertiary alicyclic amines) is 1. The summed E-state index contributed by atoms with van der Waals surface area (Å²) < 4.78 is 0. The van der Waals surface area contributed by atoms with Gasteiger partial charge < -0.3 is 5.32 Å². The average molecular weight is 266 g/mol. The van der Waals surface area contributed by atoms with Crippen LogP contribution >= 0.6 is 0 Å². The first-order valence-electron chi connectivity index (χ1n) is 8.57. The van der Waals surface area contributed by atoms with Gasteiger partial charge in [-0.2, -0.15) is 0 Å². The second-order valence-electron chi connectivity index (χ2n) is 7.39. The zero-order valence-electron chi connectivity index (χ0n) is 13.5. The van der Waals surface area contributed by atoms with Crippen LogP contribution in [0.4, 0.5) is 0 Å². The molecular weight excluding hydrogens is 232 g/mol. The summed E-state index contributed by atoms with van der Waals surface area (Å²) in [5, 5.41) is 3.80. The minimum absolute atomic E-state index is 0.726. The van der Waals surface area contributed by atoms with Gasteiger partial charge in [-0.25, -0.2) is 0 Å². The first-order valence-corrected chi connectivity index (χ1v) is 8.57. The van der Waals surface area contributed by atoms with Crippen molar-refractivity contribution in [3.8, 4) is 0 Å². The SMILES string of the molecule is CCC1CC(NCC(C)C)CN(C(C)C2CCC2)C1. The van der Waals surface area contributed by atoms with Crippen LogP contribution < -0.4 is 5.32 Å². The van der Waals surface area contributed by atoms with Crippen LogP contribution in [-0.2, 0) is 0 Å². The van der Waals surface area contributed by atoms with Gasteiger partial charge in [0.05, 0.1) is 0 Å². The van der Waals surface area contributed by atoms with Gasteiger partial charge in [0, 0.05) is 25.2 Å². The molecule has 0 aromatic heterocycles. The molecule has 112 valence electrons. The lowest BCUT2D eigenvalue weighted by atomic mass is 9.78. The van der Waals surface area contributed by atoms with Crippen LogP contribution in [0, 0.1) is 17.8 Å². The molecule has 2 nitrogen and oxygen atoms in total. The molecule has 0 aromatic carbocycles. The number of piperidine rings is 1. The molecule has 2 aliphatic rings. The first kappa shape index (κ1) is 15.3. The summed E-state index contributed by atoms with van der Waals surface area (Å²) in [7, 11) is 0. The van der Waals surface area contributed by atoms with E-state index < -0.39 is 0 Å². The van der Waals surface area contributed by atoms with Crippen molar-refractivity contribution in [2.75, 3.05) is 19.6 Å². The first-order chi connectivity index (χ1) is 9.10. The second kappa shape index (κ2) is 7.08. The van der Waals surface area contributed by atoms with Crippen molar-refractivity contribution in [1.29, 1.82) is 0 Å². The van der Waals surface area contributed by atoms with Gasteiger partial charge >= 0.3 is 0 Å². The average Bonchev–Trinajstić information content (AvgIpc) is 2.33. The fraction of sp³-hybridized carbons (Fsp3) is 1.00. The van der Waals surface area contributed by atoms with E-state index in [4.69, 9.17) is 0 Å². The molecular formula is C17H34N2. The molecule has 0 bridgehead atoms. The van der Waals surface area contributed by atoms with Crippen LogP contribution in [0.2, 0.25) is 0 Å². The standard InChI is InChI=1S/C17H34N2/c1-5-15-9-17(18-10-13(2)3)12-19(11-15)14(4)16-7-6-8-16/h13-18H,5-12H2,1-4H3. The van der Waals surface area contributed by atoms with Crippen molar-refractivity contribution in [3.63, 3.8) is 0 Å². The molecule has 0 spiro atoms. The van der Waals surface area contributed by atoms with Crippen molar-refractivity contribution < 1.29 is 0 Å². The van der Waals surface area contributed by atoms with E-state index in [1.54, 1.807) is 0 Å². The van der Waals surface area contributed by atoms with Crippen LogP contribution in [0.15, 0.2) is 0 Å². The lowest BCUT2D eigenvalue weighted by molar-refractivity contribution is 0.0502. The third kappa shape index (κ3) is 4.19. The highest BCUT2D eigenvalue weighted by atomic mass is 15.2. The fourth-order valence-corrected chi connectivity index (χ4v) is 3.64. The molecule has 1 saturated carbocycles. The molecule has 0 amide bonds. The molecule has 2 rings (SSSR count). The number of nitrogens with one attached hydrogen (secondary N) is 1. The molecule has 1 aliphatic carbocycles. The summed E-state index contributed by atoms with van der Waals surface area (Å²) in [6.45, 7) is 13.2. The summed E-state index contributed by atoms with van der Waals surface area (Å²) in [5.74, 6) is 2.65. The Kier molecular flexibility index (Phi) is 5.70. The van der Waals surface area contributed by atoms with Gasteiger partial charge in [0.25, 0.3) is 0 Å². The third-order valence-corrected chi connectivity index (χ3v) is 5.37. The van der Waals surface area contributed by atoms with Crippen LogP contribution in [0.25, 0.3) is 0 Å². The van der Waals surface area contributed by atoms with E-state index in [1.807, 2.05) is 0 Å². The maximum Gasteiger partial charge on any atom is 0.0198 e. The van der Waals surface area contributed by atoms with Gasteiger partial charge in [-0.15, -0.1) is 0 Å². The largest absolute Gasteiger partial charge is 0.312 e. The Labute approximate surface area is 120 Å². The molecule has 2 heteroatoms. The summed E-state index contributed by atoms with van der Waals surface area (Å²) in [6, 6.07) is 1.54. The molecule has 0 aromatic rings. The monoisotopic (exact) mass is 266 g/mol. The van der Waals surface area contributed by atoms with Crippen LogP contribution in [0.3, 0.4) is 0 Å². The van der Waals surface area contributed by atoms with Crippen molar-refractivity contribution in [2.45, 2.75) is 71.9 Å². The minimum Gasteiger partial charge on any atom is -0.312 e. The molecule has 3 unspecified atom stereocenters. The van der Waals surface area contributed by atoms with E-state index in [1.165, 1.54) is 51.7 Å². The Morgan fingerprint density at radius 2 is 1.89 bits per heavy atom. The zero-order chi connectivity index (χ0) is 13.8. The Hall–Kier alpha value is -0.0800. The van der Waals surface area contributed by atoms with Crippen LogP contribution in [0.1, 0.15) is 59.8 Å². The summed E-state index contributed by atoms with van der Waals surface area (Å²) in [4.78, 5) is 2.79. The third-order valence-electron chi connectivity index (χ3n) is 5.37. The lowest BCUT2D eigenvalue weighted by Crippen LogP contribution is -2.54. The predicted octanol–water partition coefficient (Wildman–Crippen LogP) is 3.52. The molecule has 19 heavy (non-hydrogen) atoms. The van der Waals surface area contributed by atoms with Crippen molar-refractivity contribution in [3.05, 3.63) is 0 Å². The molecule has 1 N–H and O–H groups in total. The van der Waals surface area contributed by atoms with Crippen molar-refractivity contribution >= 4 is 0 Å². The van der Waals surface area contributed by atoms with Crippen LogP contribution in [-0.4, -0.2) is 36.6 Å². The summed E-state index contributed by atoms with van der Waals surface area (Å²) >= 11 is 0. The molecule has 1 aliphatic heterocycles. The number of rotatable bonds is 6. The number of hydrogen-bond acceptors (Lipinski definition) is 2. The molecule has 1 heterocycles. The smallest absolute Gasteiger partial charge is 0.0198 e. The van der Waals surface area contributed by atoms with E-state index in [9.17, 15) is 0 Å². The van der Waals surface area contributed by atoms with E-state index in [-0.39, 0.29) is 0 Å². The Bertz CT molecular complexity index is 260. The fourth-order valence-electron chi connectivity index (χ4n) is 3.64. The van der Waals surface area contributed by atoms with Crippen molar-refractivity contribution in [1.82, 2.24) is 10.2 Å². The summed E-state index contributed by atoms with van der Waals surface area (Å²) in [5.41, 5.74) is 0. The maximum absolute atomic E-state index is 3.80. The molecule has 2 fully saturated rings. The van der Waals surface area contributed by atoms with Gasteiger partial charge in [-0.1, -0.05) is 33.6 Å². The van der Waals surface area contributed by atoms with Crippen LogP contribution in [0.5, 0.6) is 0 Å². The van der Waals surface area contributed by atoms with E-state index in [0.29, 0.717) is 0 Å². The normalized spacial score (nSPS) is 31.4. The topological polar surface area (TPSA) is 15.3 Å². The van der Waals surface area contributed by atoms with Gasteiger partial charge in [-0.05, 0) is 50.5 Å². The Balaban J connectivity index is 1.87. The van der Waals surface area contributed by atoms with Gasteiger partial charge in [-0.3, -0.25) is 4.90 Å². The zero-order valence-corrected chi connectivity index (χ0v) is 13.5. The van der Waals surface area contributed by atoms with E-state index in [0.717, 1.165) is 29.8 Å². The van der Waals surface area contributed by atoms with Crippen molar-refractivity contribution in [2.24, 2.45) is 17.8 Å². The molecule has 0 radical (unpaired) electrons.